The summed E-state index contributed by atoms with van der Waals surface area (Å²) in [6, 6.07) is 1.89. The van der Waals surface area contributed by atoms with Crippen LogP contribution >= 0.6 is 11.6 Å². The molecule has 0 bridgehead atoms. The van der Waals surface area contributed by atoms with Crippen LogP contribution in [0, 0.1) is 0 Å². The first-order valence-corrected chi connectivity index (χ1v) is 8.71. The van der Waals surface area contributed by atoms with Crippen LogP contribution in [0.4, 0.5) is 18.9 Å². The molecule has 146 valence electrons. The molecular weight excluding hydrogens is 385 g/mol. The molecule has 27 heavy (non-hydrogen) atoms. The van der Waals surface area contributed by atoms with E-state index in [-0.39, 0.29) is 29.1 Å². The molecule has 0 saturated carbocycles. The fourth-order valence-electron chi connectivity index (χ4n) is 3.00. The van der Waals surface area contributed by atoms with Gasteiger partial charge in [-0.25, -0.2) is 4.98 Å². The van der Waals surface area contributed by atoms with Gasteiger partial charge in [0.25, 0.3) is 5.56 Å². The second kappa shape index (κ2) is 7.12. The van der Waals surface area contributed by atoms with Crippen LogP contribution in [0.25, 0.3) is 5.82 Å². The minimum absolute atomic E-state index is 0.0278. The molecule has 2 aromatic heterocycles. The molecule has 1 fully saturated rings. The first-order valence-electron chi connectivity index (χ1n) is 8.33. The first-order chi connectivity index (χ1) is 12.6. The van der Waals surface area contributed by atoms with Crippen LogP contribution in [0.3, 0.4) is 0 Å². The van der Waals surface area contributed by atoms with Crippen LogP contribution in [0.2, 0.25) is 5.02 Å². The van der Waals surface area contributed by atoms with Crippen LogP contribution in [-0.4, -0.2) is 39.6 Å². The van der Waals surface area contributed by atoms with Crippen molar-refractivity contribution >= 4 is 17.3 Å². The van der Waals surface area contributed by atoms with E-state index in [0.29, 0.717) is 18.4 Å². The molecule has 1 saturated heterocycles. The van der Waals surface area contributed by atoms with Crippen molar-refractivity contribution in [2.75, 3.05) is 11.4 Å². The van der Waals surface area contributed by atoms with E-state index in [9.17, 15) is 18.0 Å². The summed E-state index contributed by atoms with van der Waals surface area (Å²) in [5.41, 5.74) is -1.10. The summed E-state index contributed by atoms with van der Waals surface area (Å²) < 4.78 is 44.6. The minimum atomic E-state index is -4.51. The van der Waals surface area contributed by atoms with E-state index >= 15 is 0 Å². The number of anilines is 1. The predicted molar refractivity (Wildman–Crippen MR) is 94.5 cm³/mol. The molecule has 0 aromatic carbocycles. The Morgan fingerprint density at radius 1 is 1.22 bits per heavy atom. The molecule has 0 unspecified atom stereocenters. The Morgan fingerprint density at radius 3 is 2.52 bits per heavy atom. The Hall–Kier alpha value is -2.13. The number of halogens is 4. The van der Waals surface area contributed by atoms with Gasteiger partial charge in [-0.15, -0.1) is 0 Å². The lowest BCUT2D eigenvalue weighted by molar-refractivity contribution is -0.137. The standard InChI is InChI=1S/C17H18ClF3N4O2/c1-9-8-24(10(2)11(3)27-9)13-7-23-25(16(26)15(13)18)14-5-4-12(6-22-14)17(19,20)21/h4-7,9-11H,8H2,1-3H3/t9-,10+,11-/m1/s1. The van der Waals surface area contributed by atoms with Crippen molar-refractivity contribution in [3.05, 3.63) is 45.5 Å². The van der Waals surface area contributed by atoms with Crippen LogP contribution < -0.4 is 10.5 Å². The van der Waals surface area contributed by atoms with Gasteiger partial charge in [-0.05, 0) is 32.9 Å². The van der Waals surface area contributed by atoms with Crippen molar-refractivity contribution in [3.63, 3.8) is 0 Å². The Morgan fingerprint density at radius 2 is 1.93 bits per heavy atom. The van der Waals surface area contributed by atoms with E-state index in [2.05, 4.69) is 10.1 Å². The SMILES string of the molecule is C[C@@H]1CN(c2cnn(-c3ccc(C(F)(F)F)cn3)c(=O)c2Cl)[C@@H](C)[C@@H](C)O1. The molecule has 0 amide bonds. The van der Waals surface area contributed by atoms with Crippen molar-refractivity contribution in [2.45, 2.75) is 45.2 Å². The largest absolute Gasteiger partial charge is 0.417 e. The molecule has 2 aromatic rings. The van der Waals surface area contributed by atoms with Gasteiger partial charge in [-0.3, -0.25) is 4.79 Å². The molecular formula is C17H18ClF3N4O2. The summed E-state index contributed by atoms with van der Waals surface area (Å²) >= 11 is 6.28. The molecule has 0 N–H and O–H groups in total. The van der Waals surface area contributed by atoms with Gasteiger partial charge in [0.05, 0.1) is 35.7 Å². The van der Waals surface area contributed by atoms with Gasteiger partial charge in [-0.2, -0.15) is 23.0 Å². The number of hydrogen-bond donors (Lipinski definition) is 0. The summed E-state index contributed by atoms with van der Waals surface area (Å²) in [7, 11) is 0. The van der Waals surface area contributed by atoms with Gasteiger partial charge in [0.15, 0.2) is 5.82 Å². The van der Waals surface area contributed by atoms with Crippen molar-refractivity contribution in [2.24, 2.45) is 0 Å². The van der Waals surface area contributed by atoms with Gasteiger partial charge < -0.3 is 9.64 Å². The van der Waals surface area contributed by atoms with Gasteiger partial charge in [0.2, 0.25) is 0 Å². The number of ether oxygens (including phenoxy) is 1. The normalized spacial score (nSPS) is 23.5. The van der Waals surface area contributed by atoms with Crippen LogP contribution in [0.1, 0.15) is 26.3 Å². The Labute approximate surface area is 158 Å². The lowest BCUT2D eigenvalue weighted by Gasteiger charge is -2.42. The first kappa shape index (κ1) is 19.6. The van der Waals surface area contributed by atoms with Gasteiger partial charge in [0.1, 0.15) is 5.02 Å². The monoisotopic (exact) mass is 402 g/mol. The average Bonchev–Trinajstić information content (AvgIpc) is 2.60. The molecule has 1 aliphatic heterocycles. The zero-order chi connectivity index (χ0) is 19.9. The predicted octanol–water partition coefficient (Wildman–Crippen LogP) is 3.30. The van der Waals surface area contributed by atoms with Gasteiger partial charge in [0, 0.05) is 12.7 Å². The summed E-state index contributed by atoms with van der Waals surface area (Å²) in [5, 5.41) is 3.98. The topological polar surface area (TPSA) is 60.2 Å². The summed E-state index contributed by atoms with van der Waals surface area (Å²) in [6.45, 7) is 6.34. The maximum atomic E-state index is 12.7. The Kier molecular flexibility index (Phi) is 5.18. The number of morpholine rings is 1. The van der Waals surface area contributed by atoms with Crippen molar-refractivity contribution in [1.29, 1.82) is 0 Å². The molecule has 0 radical (unpaired) electrons. The minimum Gasteiger partial charge on any atom is -0.372 e. The quantitative estimate of drug-likeness (QED) is 0.771. The summed E-state index contributed by atoms with van der Waals surface area (Å²) in [6.07, 6.45) is -2.55. The molecule has 3 heterocycles. The van der Waals surface area contributed by atoms with Crippen LogP contribution in [0.15, 0.2) is 29.3 Å². The highest BCUT2D eigenvalue weighted by Gasteiger charge is 2.32. The second-order valence-corrected chi connectivity index (χ2v) is 6.89. The number of nitrogens with zero attached hydrogens (tertiary/aromatic N) is 4. The van der Waals surface area contributed by atoms with Crippen LogP contribution in [-0.2, 0) is 10.9 Å². The van der Waals surface area contributed by atoms with Gasteiger partial charge in [-0.1, -0.05) is 11.6 Å². The van der Waals surface area contributed by atoms with E-state index in [0.717, 1.165) is 16.8 Å². The van der Waals surface area contributed by atoms with E-state index in [1.54, 1.807) is 0 Å². The summed E-state index contributed by atoms with van der Waals surface area (Å²) in [5.74, 6) is -0.0433. The Bertz CT molecular complexity index is 885. The van der Waals surface area contributed by atoms with E-state index < -0.39 is 17.3 Å². The second-order valence-electron chi connectivity index (χ2n) is 6.51. The summed E-state index contributed by atoms with van der Waals surface area (Å²) in [4.78, 5) is 18.3. The van der Waals surface area contributed by atoms with Gasteiger partial charge >= 0.3 is 6.18 Å². The van der Waals surface area contributed by atoms with E-state index in [1.165, 1.54) is 6.20 Å². The number of rotatable bonds is 2. The molecule has 3 atom stereocenters. The zero-order valence-corrected chi connectivity index (χ0v) is 15.6. The van der Waals surface area contributed by atoms with Crippen LogP contribution in [0.5, 0.6) is 0 Å². The molecule has 10 heteroatoms. The smallest absolute Gasteiger partial charge is 0.372 e. The number of pyridine rings is 1. The number of hydrogen-bond acceptors (Lipinski definition) is 5. The highest BCUT2D eigenvalue weighted by Crippen LogP contribution is 2.30. The highest BCUT2D eigenvalue weighted by atomic mass is 35.5. The third-order valence-corrected chi connectivity index (χ3v) is 4.93. The highest BCUT2D eigenvalue weighted by molar-refractivity contribution is 6.33. The van der Waals surface area contributed by atoms with Crippen molar-refractivity contribution in [3.8, 4) is 5.82 Å². The molecule has 0 aliphatic carbocycles. The van der Waals surface area contributed by atoms with E-state index in [4.69, 9.17) is 16.3 Å². The van der Waals surface area contributed by atoms with Crippen molar-refractivity contribution < 1.29 is 17.9 Å². The number of alkyl halides is 3. The maximum absolute atomic E-state index is 12.7. The molecule has 3 rings (SSSR count). The molecule has 6 nitrogen and oxygen atoms in total. The average molecular weight is 403 g/mol. The number of aromatic nitrogens is 3. The molecule has 1 aliphatic rings. The fourth-order valence-corrected chi connectivity index (χ4v) is 3.24. The third-order valence-electron chi connectivity index (χ3n) is 4.57. The maximum Gasteiger partial charge on any atom is 0.417 e. The van der Waals surface area contributed by atoms with E-state index in [1.807, 2.05) is 25.7 Å². The zero-order valence-electron chi connectivity index (χ0n) is 14.9. The lowest BCUT2D eigenvalue weighted by atomic mass is 10.1. The van der Waals surface area contributed by atoms with Crippen molar-refractivity contribution in [1.82, 2.24) is 14.8 Å². The fraction of sp³-hybridized carbons (Fsp3) is 0.471. The molecule has 0 spiro atoms. The Balaban J connectivity index is 1.97. The third kappa shape index (κ3) is 3.79. The lowest BCUT2D eigenvalue weighted by Crippen LogP contribution is -2.52.